The second-order valence-electron chi connectivity index (χ2n) is 13.1. The Kier molecular flexibility index (Phi) is 32.7. The second-order valence-corrected chi connectivity index (χ2v) is 14.5. The van der Waals surface area contributed by atoms with Gasteiger partial charge in [0, 0.05) is 12.8 Å². The summed E-state index contributed by atoms with van der Waals surface area (Å²) in [6, 6.07) is -1.52. The van der Waals surface area contributed by atoms with E-state index in [2.05, 4.69) is 42.7 Å². The van der Waals surface area contributed by atoms with E-state index in [1.807, 2.05) is 0 Å². The number of carbonyl (C=O) groups excluding carboxylic acids is 2. The molecule has 0 saturated heterocycles. The number of hydrogen-bond acceptors (Lipinski definition) is 9. The predicted molar refractivity (Wildman–Crippen MR) is 199 cm³/mol. The van der Waals surface area contributed by atoms with Gasteiger partial charge in [-0.2, -0.15) is 0 Å². The van der Waals surface area contributed by atoms with Crippen molar-refractivity contribution >= 4 is 25.7 Å². The maximum Gasteiger partial charge on any atom is 0.472 e. The molecule has 12 heteroatoms. The monoisotopic (exact) mass is 731 g/mol. The summed E-state index contributed by atoms with van der Waals surface area (Å²) in [5.41, 5.74) is 5.31. The number of carboxylic acids is 1. The van der Waals surface area contributed by atoms with Crippen LogP contribution in [0.15, 0.2) is 24.3 Å². The van der Waals surface area contributed by atoms with Crippen molar-refractivity contribution in [2.45, 2.75) is 180 Å². The highest BCUT2D eigenvalue weighted by Crippen LogP contribution is 2.43. The fraction of sp³-hybridized carbons (Fsp3) is 0.816. The smallest absolute Gasteiger partial charge is 0.472 e. The Balaban J connectivity index is 4.45. The van der Waals surface area contributed by atoms with Gasteiger partial charge in [-0.05, 0) is 57.8 Å². The molecule has 0 aliphatic carbocycles. The second kappa shape index (κ2) is 34.1. The van der Waals surface area contributed by atoms with E-state index in [1.54, 1.807) is 0 Å². The van der Waals surface area contributed by atoms with Gasteiger partial charge in [0.1, 0.15) is 12.6 Å². The van der Waals surface area contributed by atoms with Crippen LogP contribution in [-0.4, -0.2) is 59.9 Å². The third kappa shape index (κ3) is 33.1. The number of carbonyl (C=O) groups is 3. The number of aliphatic carboxylic acids is 1. The fourth-order valence-corrected chi connectivity index (χ4v) is 5.82. The number of nitrogens with two attached hydrogens (primary N) is 1. The number of phosphoric ester groups is 1. The third-order valence-electron chi connectivity index (χ3n) is 8.17. The molecule has 0 heterocycles. The first-order valence-corrected chi connectivity index (χ1v) is 20.9. The molecule has 0 aromatic carbocycles. The number of rotatable bonds is 36. The molecule has 0 rings (SSSR count). The van der Waals surface area contributed by atoms with Crippen LogP contribution in [-0.2, 0) is 37.5 Å². The van der Waals surface area contributed by atoms with Crippen molar-refractivity contribution in [2.75, 3.05) is 19.8 Å². The summed E-state index contributed by atoms with van der Waals surface area (Å²) in [4.78, 5) is 45.7. The lowest BCUT2D eigenvalue weighted by molar-refractivity contribution is -0.161. The van der Waals surface area contributed by atoms with Gasteiger partial charge >= 0.3 is 25.7 Å². The van der Waals surface area contributed by atoms with E-state index in [1.165, 1.54) is 51.4 Å². The summed E-state index contributed by atoms with van der Waals surface area (Å²) >= 11 is 0. The van der Waals surface area contributed by atoms with Crippen LogP contribution in [0.25, 0.3) is 0 Å². The van der Waals surface area contributed by atoms with Gasteiger partial charge in [0.15, 0.2) is 6.10 Å². The predicted octanol–water partition coefficient (Wildman–Crippen LogP) is 9.50. The normalized spacial score (nSPS) is 14.2. The molecule has 292 valence electrons. The Labute approximate surface area is 302 Å². The summed E-state index contributed by atoms with van der Waals surface area (Å²) in [5, 5.41) is 8.85. The summed E-state index contributed by atoms with van der Waals surface area (Å²) in [6.07, 6.45) is 32.5. The van der Waals surface area contributed by atoms with Crippen LogP contribution >= 0.6 is 7.82 Å². The maximum atomic E-state index is 12.6. The Hall–Kier alpha value is -2.04. The minimum Gasteiger partial charge on any atom is -0.480 e. The molecule has 0 fully saturated rings. The van der Waals surface area contributed by atoms with Crippen LogP contribution in [0.5, 0.6) is 0 Å². The molecule has 0 aliphatic heterocycles. The van der Waals surface area contributed by atoms with Crippen molar-refractivity contribution in [3.8, 4) is 0 Å². The van der Waals surface area contributed by atoms with Crippen LogP contribution in [0.1, 0.15) is 168 Å². The lowest BCUT2D eigenvalue weighted by Crippen LogP contribution is -2.34. The summed E-state index contributed by atoms with van der Waals surface area (Å²) in [6.45, 7) is 2.72. The molecule has 0 amide bonds. The van der Waals surface area contributed by atoms with Crippen molar-refractivity contribution in [3.05, 3.63) is 24.3 Å². The first-order chi connectivity index (χ1) is 24.1. The third-order valence-corrected chi connectivity index (χ3v) is 9.12. The van der Waals surface area contributed by atoms with E-state index in [9.17, 15) is 23.8 Å². The van der Waals surface area contributed by atoms with Crippen molar-refractivity contribution in [2.24, 2.45) is 5.73 Å². The Morgan fingerprint density at radius 2 is 1.02 bits per heavy atom. The minimum absolute atomic E-state index is 0.151. The average Bonchev–Trinajstić information content (AvgIpc) is 3.09. The molecule has 50 heavy (non-hydrogen) atoms. The zero-order chi connectivity index (χ0) is 37.1. The van der Waals surface area contributed by atoms with E-state index < -0.39 is 51.1 Å². The van der Waals surface area contributed by atoms with Crippen LogP contribution in [0.4, 0.5) is 0 Å². The van der Waals surface area contributed by atoms with Gasteiger partial charge in [-0.1, -0.05) is 122 Å². The van der Waals surface area contributed by atoms with E-state index >= 15 is 0 Å². The van der Waals surface area contributed by atoms with E-state index in [-0.39, 0.29) is 19.4 Å². The van der Waals surface area contributed by atoms with Gasteiger partial charge in [0.05, 0.1) is 13.2 Å². The van der Waals surface area contributed by atoms with Crippen LogP contribution < -0.4 is 5.73 Å². The lowest BCUT2D eigenvalue weighted by atomic mass is 10.1. The highest BCUT2D eigenvalue weighted by molar-refractivity contribution is 7.47. The first-order valence-electron chi connectivity index (χ1n) is 19.4. The van der Waals surface area contributed by atoms with Gasteiger partial charge in [0.2, 0.25) is 0 Å². The van der Waals surface area contributed by atoms with Gasteiger partial charge in [0.25, 0.3) is 0 Å². The molecule has 1 unspecified atom stereocenters. The van der Waals surface area contributed by atoms with Gasteiger partial charge in [-0.15, -0.1) is 0 Å². The number of hydrogen-bond donors (Lipinski definition) is 3. The summed E-state index contributed by atoms with van der Waals surface area (Å²) < 4.78 is 32.5. The fourth-order valence-electron chi connectivity index (χ4n) is 5.04. The number of esters is 2. The van der Waals surface area contributed by atoms with Gasteiger partial charge < -0.3 is 25.2 Å². The van der Waals surface area contributed by atoms with Crippen LogP contribution in [0, 0.1) is 0 Å². The minimum atomic E-state index is -4.71. The standard InChI is InChI=1S/C38H70NO10P/c1-3-5-7-9-11-13-15-16-17-18-20-22-24-26-28-30-37(41)49-34(32-47-50(44,45)48-33-35(39)38(42)43)31-46-36(40)29-27-25-23-21-19-14-12-10-8-6-4-2/h10,12,16-17,34-35H,3-9,11,13-15,18-33,39H2,1-2H3,(H,42,43)(H,44,45)/b12-10-,17-16-/t34-,35+/m1/s1. The molecule has 0 radical (unpaired) electrons. The maximum absolute atomic E-state index is 12.6. The van der Waals surface area contributed by atoms with Gasteiger partial charge in [-0.25, -0.2) is 4.57 Å². The molecule has 0 aromatic heterocycles. The quantitative estimate of drug-likeness (QED) is 0.0242. The highest BCUT2D eigenvalue weighted by Gasteiger charge is 2.28. The van der Waals surface area contributed by atoms with Crippen molar-refractivity contribution < 1.29 is 47.5 Å². The zero-order valence-electron chi connectivity index (χ0n) is 31.2. The SMILES string of the molecule is CCCC/C=C\CCCCCCCC(=O)OC[C@H](COP(=O)(O)OC[C@H](N)C(=O)O)OC(=O)CCCCCCC/C=C\CCCCCCCC. The Morgan fingerprint density at radius 3 is 1.52 bits per heavy atom. The molecule has 0 bridgehead atoms. The Bertz CT molecular complexity index is 958. The molecule has 0 aliphatic rings. The molecule has 4 N–H and O–H groups in total. The molecular formula is C38H70NO10P. The molecule has 3 atom stereocenters. The molecule has 11 nitrogen and oxygen atoms in total. The van der Waals surface area contributed by atoms with Crippen LogP contribution in [0.3, 0.4) is 0 Å². The molecule has 0 spiro atoms. The number of ether oxygens (including phenoxy) is 2. The Morgan fingerprint density at radius 1 is 0.600 bits per heavy atom. The number of phosphoric acid groups is 1. The molecule has 0 aromatic rings. The van der Waals surface area contributed by atoms with Crippen LogP contribution in [0.2, 0.25) is 0 Å². The number of carboxylic acid groups (broad SMARTS) is 1. The molecular weight excluding hydrogens is 661 g/mol. The summed E-state index contributed by atoms with van der Waals surface area (Å²) in [5.74, 6) is -2.40. The average molecular weight is 732 g/mol. The summed E-state index contributed by atoms with van der Waals surface area (Å²) in [7, 11) is -4.71. The highest BCUT2D eigenvalue weighted by atomic mass is 31.2. The van der Waals surface area contributed by atoms with E-state index in [0.717, 1.165) is 77.0 Å². The van der Waals surface area contributed by atoms with E-state index in [4.69, 9.17) is 24.8 Å². The lowest BCUT2D eigenvalue weighted by Gasteiger charge is -2.20. The largest absolute Gasteiger partial charge is 0.480 e. The topological polar surface area (TPSA) is 172 Å². The van der Waals surface area contributed by atoms with Crippen molar-refractivity contribution in [1.29, 1.82) is 0 Å². The number of unbranched alkanes of at least 4 members (excludes halogenated alkanes) is 18. The van der Waals surface area contributed by atoms with Crippen molar-refractivity contribution in [3.63, 3.8) is 0 Å². The van der Waals surface area contributed by atoms with Crippen molar-refractivity contribution in [1.82, 2.24) is 0 Å². The van der Waals surface area contributed by atoms with Gasteiger partial charge in [-0.3, -0.25) is 23.4 Å². The zero-order valence-corrected chi connectivity index (χ0v) is 32.1. The van der Waals surface area contributed by atoms with E-state index in [0.29, 0.717) is 12.8 Å². The first kappa shape index (κ1) is 48.0. The molecule has 0 saturated carbocycles. The number of allylic oxidation sites excluding steroid dienone is 4.